The van der Waals surface area contributed by atoms with E-state index in [0.717, 1.165) is 37.6 Å². The van der Waals surface area contributed by atoms with Crippen molar-refractivity contribution in [1.82, 2.24) is 5.32 Å². The van der Waals surface area contributed by atoms with E-state index in [1.807, 2.05) is 0 Å². The first-order chi connectivity index (χ1) is 7.81. The maximum absolute atomic E-state index is 6.35. The number of rotatable bonds is 1. The fraction of sp³-hybridized carbons (Fsp3) is 0.538. The van der Waals surface area contributed by atoms with E-state index in [1.165, 1.54) is 16.8 Å². The van der Waals surface area contributed by atoms with E-state index < -0.39 is 0 Å². The fourth-order valence-electron chi connectivity index (χ4n) is 3.02. The summed E-state index contributed by atoms with van der Waals surface area (Å²) in [5.41, 5.74) is 4.31. The average molecular weight is 237 g/mol. The maximum atomic E-state index is 6.35. The molecule has 2 heterocycles. The summed E-state index contributed by atoms with van der Waals surface area (Å²) < 4.78 is 0. The topological polar surface area (TPSA) is 15.3 Å². The van der Waals surface area contributed by atoms with Crippen LogP contribution in [-0.2, 0) is 6.42 Å². The number of halogens is 1. The summed E-state index contributed by atoms with van der Waals surface area (Å²) in [5.74, 6) is 0.631. The van der Waals surface area contributed by atoms with Crippen LogP contribution in [0.1, 0.15) is 24.0 Å². The Labute approximate surface area is 102 Å². The van der Waals surface area contributed by atoms with E-state index in [9.17, 15) is 0 Å². The predicted molar refractivity (Wildman–Crippen MR) is 68.7 cm³/mol. The molecule has 16 heavy (non-hydrogen) atoms. The van der Waals surface area contributed by atoms with E-state index in [-0.39, 0.29) is 0 Å². The van der Waals surface area contributed by atoms with Crippen LogP contribution in [0.2, 0.25) is 5.02 Å². The van der Waals surface area contributed by atoms with Gasteiger partial charge in [0, 0.05) is 25.6 Å². The van der Waals surface area contributed by atoms with Crippen LogP contribution in [0.25, 0.3) is 0 Å². The minimum atomic E-state index is 0.631. The zero-order valence-electron chi connectivity index (χ0n) is 9.59. The lowest BCUT2D eigenvalue weighted by Crippen LogP contribution is -2.27. The Hall–Kier alpha value is -0.730. The fourth-order valence-corrected chi connectivity index (χ4v) is 3.30. The Kier molecular flexibility index (Phi) is 2.56. The van der Waals surface area contributed by atoms with Crippen LogP contribution in [0.15, 0.2) is 12.1 Å². The molecular weight excluding hydrogens is 220 g/mol. The van der Waals surface area contributed by atoms with Gasteiger partial charge >= 0.3 is 0 Å². The molecular formula is C13H17ClN2. The number of likely N-dealkylation sites (N-methyl/N-ethyl adjacent to an activating group) is 1. The molecule has 1 aromatic rings. The first kappa shape index (κ1) is 10.4. The number of benzene rings is 1. The Bertz CT molecular complexity index is 417. The highest BCUT2D eigenvalue weighted by atomic mass is 35.5. The summed E-state index contributed by atoms with van der Waals surface area (Å²) >= 11 is 6.35. The van der Waals surface area contributed by atoms with Crippen molar-refractivity contribution in [2.24, 2.45) is 0 Å². The Morgan fingerprint density at radius 2 is 2.38 bits per heavy atom. The molecule has 0 spiro atoms. The molecule has 0 bridgehead atoms. The van der Waals surface area contributed by atoms with Gasteiger partial charge in [0.2, 0.25) is 0 Å². The van der Waals surface area contributed by atoms with Gasteiger partial charge in [0.25, 0.3) is 0 Å². The van der Waals surface area contributed by atoms with Gasteiger partial charge in [-0.25, -0.2) is 0 Å². The average Bonchev–Trinajstić information content (AvgIpc) is 2.55. The van der Waals surface area contributed by atoms with E-state index >= 15 is 0 Å². The zero-order chi connectivity index (χ0) is 11.1. The number of nitrogens with zero attached hydrogens (tertiary/aromatic N) is 1. The van der Waals surface area contributed by atoms with Gasteiger partial charge in [-0.15, -0.1) is 0 Å². The maximum Gasteiger partial charge on any atom is 0.0642 e. The first-order valence-electron chi connectivity index (χ1n) is 6.08. The second kappa shape index (κ2) is 3.94. The molecule has 0 aromatic heterocycles. The highest BCUT2D eigenvalue weighted by Crippen LogP contribution is 2.43. The molecule has 3 heteroatoms. The minimum Gasteiger partial charge on any atom is -0.370 e. The van der Waals surface area contributed by atoms with Gasteiger partial charge in [-0.1, -0.05) is 17.7 Å². The summed E-state index contributed by atoms with van der Waals surface area (Å²) in [7, 11) is 0. The van der Waals surface area contributed by atoms with Crippen molar-refractivity contribution in [1.29, 1.82) is 0 Å². The second-order valence-electron chi connectivity index (χ2n) is 4.66. The lowest BCUT2D eigenvalue weighted by Gasteiger charge is -2.19. The summed E-state index contributed by atoms with van der Waals surface area (Å²) in [4.78, 5) is 2.42. The van der Waals surface area contributed by atoms with Crippen LogP contribution in [0.3, 0.4) is 0 Å². The summed E-state index contributed by atoms with van der Waals surface area (Å²) in [5, 5.41) is 4.44. The van der Waals surface area contributed by atoms with Gasteiger partial charge in [-0.05, 0) is 37.1 Å². The van der Waals surface area contributed by atoms with Gasteiger partial charge in [-0.2, -0.15) is 0 Å². The molecule has 0 saturated heterocycles. The standard InChI is InChI=1S/C13H17ClN2/c1-2-16-8-10-7-15-6-5-9-3-4-11(14)13(16)12(9)10/h3-4,10,15H,2,5-8H2,1H3/t10-/m0/s1. The van der Waals surface area contributed by atoms with Crippen LogP contribution >= 0.6 is 11.6 Å². The van der Waals surface area contributed by atoms with Crippen molar-refractivity contribution in [2.45, 2.75) is 19.3 Å². The molecule has 0 amide bonds. The second-order valence-corrected chi connectivity index (χ2v) is 5.07. The van der Waals surface area contributed by atoms with Crippen LogP contribution in [0.5, 0.6) is 0 Å². The van der Waals surface area contributed by atoms with Crippen LogP contribution in [-0.4, -0.2) is 26.2 Å². The Balaban J connectivity index is 2.17. The van der Waals surface area contributed by atoms with Gasteiger partial charge < -0.3 is 10.2 Å². The number of anilines is 1. The van der Waals surface area contributed by atoms with Crippen molar-refractivity contribution in [3.63, 3.8) is 0 Å². The summed E-state index contributed by atoms with van der Waals surface area (Å²) in [6.45, 7) is 6.56. The van der Waals surface area contributed by atoms with E-state index in [2.05, 4.69) is 29.3 Å². The number of nitrogens with one attached hydrogen (secondary N) is 1. The molecule has 3 rings (SSSR count). The molecule has 2 nitrogen and oxygen atoms in total. The summed E-state index contributed by atoms with van der Waals surface area (Å²) in [6, 6.07) is 4.27. The quantitative estimate of drug-likeness (QED) is 0.806. The van der Waals surface area contributed by atoms with Crippen molar-refractivity contribution < 1.29 is 0 Å². The third-order valence-corrected chi connectivity index (χ3v) is 4.07. The van der Waals surface area contributed by atoms with Gasteiger partial charge in [-0.3, -0.25) is 0 Å². The molecule has 0 aliphatic carbocycles. The normalized spacial score (nSPS) is 23.1. The smallest absolute Gasteiger partial charge is 0.0642 e. The molecule has 86 valence electrons. The van der Waals surface area contributed by atoms with Crippen molar-refractivity contribution >= 4 is 17.3 Å². The van der Waals surface area contributed by atoms with Gasteiger partial charge in [0.15, 0.2) is 0 Å². The molecule has 1 atom stereocenters. The minimum absolute atomic E-state index is 0.631. The lowest BCUT2D eigenvalue weighted by molar-refractivity contribution is 0.618. The molecule has 0 unspecified atom stereocenters. The highest BCUT2D eigenvalue weighted by Gasteiger charge is 2.32. The molecule has 0 fully saturated rings. The predicted octanol–water partition coefficient (Wildman–Crippen LogP) is 2.41. The Morgan fingerprint density at radius 3 is 3.19 bits per heavy atom. The lowest BCUT2D eigenvalue weighted by atomic mass is 9.95. The van der Waals surface area contributed by atoms with Gasteiger partial charge in [0.05, 0.1) is 10.7 Å². The van der Waals surface area contributed by atoms with Crippen molar-refractivity contribution in [3.8, 4) is 0 Å². The van der Waals surface area contributed by atoms with E-state index in [4.69, 9.17) is 11.6 Å². The number of hydrogen-bond acceptors (Lipinski definition) is 2. The summed E-state index contributed by atoms with van der Waals surface area (Å²) in [6.07, 6.45) is 1.13. The van der Waals surface area contributed by atoms with Crippen LogP contribution in [0, 0.1) is 0 Å². The van der Waals surface area contributed by atoms with Crippen molar-refractivity contribution in [2.75, 3.05) is 31.1 Å². The molecule has 0 radical (unpaired) electrons. The Morgan fingerprint density at radius 1 is 1.50 bits per heavy atom. The molecule has 0 saturated carbocycles. The van der Waals surface area contributed by atoms with Gasteiger partial charge in [0.1, 0.15) is 0 Å². The number of hydrogen-bond donors (Lipinski definition) is 1. The van der Waals surface area contributed by atoms with E-state index in [0.29, 0.717) is 5.92 Å². The molecule has 2 aliphatic rings. The monoisotopic (exact) mass is 236 g/mol. The SMILES string of the molecule is CCN1C[C@@H]2CNCCc3ccc(Cl)c1c32. The molecule has 1 N–H and O–H groups in total. The third-order valence-electron chi connectivity index (χ3n) is 3.77. The van der Waals surface area contributed by atoms with E-state index in [1.54, 1.807) is 0 Å². The molecule has 1 aromatic carbocycles. The van der Waals surface area contributed by atoms with Crippen LogP contribution < -0.4 is 10.2 Å². The molecule has 2 aliphatic heterocycles. The largest absolute Gasteiger partial charge is 0.370 e. The highest BCUT2D eigenvalue weighted by molar-refractivity contribution is 6.33. The van der Waals surface area contributed by atoms with Crippen molar-refractivity contribution in [3.05, 3.63) is 28.3 Å². The first-order valence-corrected chi connectivity index (χ1v) is 6.46. The van der Waals surface area contributed by atoms with Crippen LogP contribution in [0.4, 0.5) is 5.69 Å². The zero-order valence-corrected chi connectivity index (χ0v) is 10.3. The third kappa shape index (κ3) is 1.44.